The topological polar surface area (TPSA) is 76.2 Å². The highest BCUT2D eigenvalue weighted by molar-refractivity contribution is 5.75. The standard InChI is InChI=1S/C14H11F3N2O2/c15-14(16,17)9-3-1-2-8(6-9)13-11(18)5-4-10(19-13)7-12(20)21/h1-6H,7,18H2,(H,20,21). The Morgan fingerprint density at radius 1 is 1.24 bits per heavy atom. The Morgan fingerprint density at radius 3 is 2.57 bits per heavy atom. The van der Waals surface area contributed by atoms with Crippen LogP contribution in [0.2, 0.25) is 0 Å². The van der Waals surface area contributed by atoms with Crippen LogP contribution in [-0.2, 0) is 17.4 Å². The Balaban J connectivity index is 2.48. The van der Waals surface area contributed by atoms with Crippen molar-refractivity contribution >= 4 is 11.7 Å². The first-order valence-corrected chi connectivity index (χ1v) is 5.92. The van der Waals surface area contributed by atoms with Gasteiger partial charge in [-0.2, -0.15) is 13.2 Å². The molecule has 0 unspecified atom stereocenters. The van der Waals surface area contributed by atoms with Gasteiger partial charge in [0.15, 0.2) is 0 Å². The zero-order valence-electron chi connectivity index (χ0n) is 10.7. The monoisotopic (exact) mass is 296 g/mol. The molecule has 110 valence electrons. The van der Waals surface area contributed by atoms with E-state index in [2.05, 4.69) is 4.98 Å². The molecule has 0 amide bonds. The predicted molar refractivity (Wildman–Crippen MR) is 70.4 cm³/mol. The number of anilines is 1. The largest absolute Gasteiger partial charge is 0.481 e. The fourth-order valence-corrected chi connectivity index (χ4v) is 1.84. The van der Waals surface area contributed by atoms with Crippen LogP contribution in [0.15, 0.2) is 36.4 Å². The van der Waals surface area contributed by atoms with E-state index in [1.54, 1.807) is 0 Å². The first kappa shape index (κ1) is 14.8. The first-order chi connectivity index (χ1) is 9.77. The minimum Gasteiger partial charge on any atom is -0.481 e. The number of hydrogen-bond donors (Lipinski definition) is 2. The van der Waals surface area contributed by atoms with Crippen molar-refractivity contribution in [3.63, 3.8) is 0 Å². The van der Waals surface area contributed by atoms with Gasteiger partial charge < -0.3 is 10.8 Å². The van der Waals surface area contributed by atoms with Crippen LogP contribution >= 0.6 is 0 Å². The van der Waals surface area contributed by atoms with Gasteiger partial charge in [0.1, 0.15) is 0 Å². The summed E-state index contributed by atoms with van der Waals surface area (Å²) in [4.78, 5) is 14.7. The highest BCUT2D eigenvalue weighted by atomic mass is 19.4. The van der Waals surface area contributed by atoms with Crippen molar-refractivity contribution in [2.75, 3.05) is 5.73 Å². The number of hydrogen-bond acceptors (Lipinski definition) is 3. The quantitative estimate of drug-likeness (QED) is 0.913. The van der Waals surface area contributed by atoms with Crippen LogP contribution in [0.4, 0.5) is 18.9 Å². The third-order valence-electron chi connectivity index (χ3n) is 2.78. The first-order valence-electron chi connectivity index (χ1n) is 5.92. The lowest BCUT2D eigenvalue weighted by atomic mass is 10.1. The van der Waals surface area contributed by atoms with Crippen LogP contribution in [0.3, 0.4) is 0 Å². The van der Waals surface area contributed by atoms with Gasteiger partial charge in [-0.1, -0.05) is 12.1 Å². The number of carbonyl (C=O) groups is 1. The van der Waals surface area contributed by atoms with Gasteiger partial charge in [0.25, 0.3) is 0 Å². The van der Waals surface area contributed by atoms with Gasteiger partial charge in [-0.3, -0.25) is 9.78 Å². The van der Waals surface area contributed by atoms with E-state index >= 15 is 0 Å². The van der Waals surface area contributed by atoms with E-state index in [0.717, 1.165) is 12.1 Å². The van der Waals surface area contributed by atoms with Crippen molar-refractivity contribution in [2.24, 2.45) is 0 Å². The molecule has 0 aliphatic rings. The van der Waals surface area contributed by atoms with Crippen LogP contribution in [-0.4, -0.2) is 16.1 Å². The Kier molecular flexibility index (Phi) is 3.84. The molecule has 0 saturated carbocycles. The van der Waals surface area contributed by atoms with E-state index in [1.807, 2.05) is 0 Å². The Labute approximate surface area is 118 Å². The number of halogens is 3. The molecule has 1 aromatic heterocycles. The van der Waals surface area contributed by atoms with Gasteiger partial charge in [-0.05, 0) is 24.3 Å². The number of aromatic nitrogens is 1. The van der Waals surface area contributed by atoms with Gasteiger partial charge in [0.05, 0.1) is 29.1 Å². The van der Waals surface area contributed by atoms with Crippen molar-refractivity contribution in [1.82, 2.24) is 4.98 Å². The number of nitrogen functional groups attached to an aromatic ring is 1. The van der Waals surface area contributed by atoms with Crippen LogP contribution in [0, 0.1) is 0 Å². The van der Waals surface area contributed by atoms with Gasteiger partial charge in [-0.15, -0.1) is 0 Å². The highest BCUT2D eigenvalue weighted by Crippen LogP contribution is 2.33. The molecule has 21 heavy (non-hydrogen) atoms. The highest BCUT2D eigenvalue weighted by Gasteiger charge is 2.30. The summed E-state index contributed by atoms with van der Waals surface area (Å²) in [7, 11) is 0. The van der Waals surface area contributed by atoms with Gasteiger partial charge in [-0.25, -0.2) is 0 Å². The van der Waals surface area contributed by atoms with Gasteiger partial charge in [0, 0.05) is 5.56 Å². The van der Waals surface area contributed by atoms with Gasteiger partial charge >= 0.3 is 12.1 Å². The van der Waals surface area contributed by atoms with E-state index in [1.165, 1.54) is 24.3 Å². The van der Waals surface area contributed by atoms with Crippen LogP contribution in [0.5, 0.6) is 0 Å². The minimum atomic E-state index is -4.47. The smallest absolute Gasteiger partial charge is 0.416 e. The molecule has 2 rings (SSSR count). The van der Waals surface area contributed by atoms with Crippen molar-refractivity contribution in [2.45, 2.75) is 12.6 Å². The molecule has 0 aliphatic heterocycles. The fourth-order valence-electron chi connectivity index (χ4n) is 1.84. The summed E-state index contributed by atoms with van der Waals surface area (Å²) in [6.07, 6.45) is -4.80. The van der Waals surface area contributed by atoms with Crippen LogP contribution in [0.1, 0.15) is 11.3 Å². The zero-order chi connectivity index (χ0) is 15.6. The number of alkyl halides is 3. The number of carboxylic acids is 1. The molecule has 0 aliphatic carbocycles. The molecule has 7 heteroatoms. The fraction of sp³-hybridized carbons (Fsp3) is 0.143. The number of pyridine rings is 1. The van der Waals surface area contributed by atoms with Crippen molar-refractivity contribution in [3.8, 4) is 11.3 Å². The average molecular weight is 296 g/mol. The molecule has 0 spiro atoms. The number of nitrogens with zero attached hydrogens (tertiary/aromatic N) is 1. The molecule has 4 nitrogen and oxygen atoms in total. The van der Waals surface area contributed by atoms with E-state index in [4.69, 9.17) is 10.8 Å². The normalized spacial score (nSPS) is 11.4. The number of rotatable bonds is 3. The van der Waals surface area contributed by atoms with E-state index in [-0.39, 0.29) is 29.1 Å². The molecule has 2 aromatic rings. The minimum absolute atomic E-state index is 0.139. The molecule has 1 heterocycles. The third-order valence-corrected chi connectivity index (χ3v) is 2.78. The molecule has 1 aromatic carbocycles. The number of aliphatic carboxylic acids is 1. The molecule has 0 fully saturated rings. The maximum atomic E-state index is 12.7. The molecular formula is C14H11F3N2O2. The lowest BCUT2D eigenvalue weighted by Crippen LogP contribution is -2.06. The molecule has 0 saturated heterocycles. The molecule has 0 bridgehead atoms. The SMILES string of the molecule is Nc1ccc(CC(=O)O)nc1-c1cccc(C(F)(F)F)c1. The molecule has 0 atom stereocenters. The lowest BCUT2D eigenvalue weighted by molar-refractivity contribution is -0.138. The second kappa shape index (κ2) is 5.43. The molecule has 0 radical (unpaired) electrons. The van der Waals surface area contributed by atoms with Crippen LogP contribution in [0.25, 0.3) is 11.3 Å². The number of carboxylic acid groups (broad SMARTS) is 1. The average Bonchev–Trinajstić information content (AvgIpc) is 2.39. The summed E-state index contributed by atoms with van der Waals surface area (Å²) >= 11 is 0. The maximum Gasteiger partial charge on any atom is 0.416 e. The van der Waals surface area contributed by atoms with Crippen molar-refractivity contribution in [3.05, 3.63) is 47.7 Å². The number of nitrogens with two attached hydrogens (primary N) is 1. The Hall–Kier alpha value is -2.57. The third kappa shape index (κ3) is 3.50. The Bertz CT molecular complexity index is 684. The maximum absolute atomic E-state index is 12.7. The van der Waals surface area contributed by atoms with E-state index in [9.17, 15) is 18.0 Å². The summed E-state index contributed by atoms with van der Waals surface area (Å²) in [5.41, 5.74) is 5.64. The summed E-state index contributed by atoms with van der Waals surface area (Å²) in [6.45, 7) is 0. The summed E-state index contributed by atoms with van der Waals surface area (Å²) in [5, 5.41) is 8.73. The predicted octanol–water partition coefficient (Wildman–Crippen LogP) is 2.98. The van der Waals surface area contributed by atoms with Gasteiger partial charge in [0.2, 0.25) is 0 Å². The second-order valence-electron chi connectivity index (χ2n) is 4.39. The lowest BCUT2D eigenvalue weighted by Gasteiger charge is -2.10. The molecule has 3 N–H and O–H groups in total. The summed E-state index contributed by atoms with van der Waals surface area (Å²) < 4.78 is 38.1. The van der Waals surface area contributed by atoms with Crippen LogP contribution < -0.4 is 5.73 Å². The Morgan fingerprint density at radius 2 is 1.95 bits per heavy atom. The molecular weight excluding hydrogens is 285 g/mol. The summed E-state index contributed by atoms with van der Waals surface area (Å²) in [5.74, 6) is -1.08. The second-order valence-corrected chi connectivity index (χ2v) is 4.39. The van der Waals surface area contributed by atoms with E-state index in [0.29, 0.717) is 0 Å². The van der Waals surface area contributed by atoms with E-state index < -0.39 is 17.7 Å². The zero-order valence-corrected chi connectivity index (χ0v) is 10.7. The summed E-state index contributed by atoms with van der Waals surface area (Å²) in [6, 6.07) is 7.44. The van der Waals surface area contributed by atoms with Crippen molar-refractivity contribution < 1.29 is 23.1 Å². The van der Waals surface area contributed by atoms with Crippen molar-refractivity contribution in [1.29, 1.82) is 0 Å². The number of benzene rings is 1.